The van der Waals surface area contributed by atoms with E-state index in [0.29, 0.717) is 5.69 Å². The number of nitro benzene ring substituents is 1. The molecule has 38 heavy (non-hydrogen) atoms. The quantitative estimate of drug-likeness (QED) is 0.325. The number of carbonyl (C=O) groups excluding carboxylic acids is 1. The number of halogens is 3. The van der Waals surface area contributed by atoms with Crippen molar-refractivity contribution >= 4 is 33.0 Å². The molecule has 1 amide bonds. The number of hydrogen-bond donors (Lipinski definition) is 0. The Hall–Kier alpha value is -4.13. The third-order valence-corrected chi connectivity index (χ3v) is 7.90. The molecular formula is C25H23F3N4O5S. The maximum atomic E-state index is 13.5. The van der Waals surface area contributed by atoms with Gasteiger partial charge in [0, 0.05) is 44.0 Å². The van der Waals surface area contributed by atoms with Gasteiger partial charge < -0.3 is 9.80 Å². The van der Waals surface area contributed by atoms with Gasteiger partial charge in [-0.05, 0) is 36.4 Å². The van der Waals surface area contributed by atoms with Crippen molar-refractivity contribution in [2.24, 2.45) is 0 Å². The highest BCUT2D eigenvalue weighted by Crippen LogP contribution is 2.32. The number of rotatable bonds is 7. The molecule has 3 aromatic carbocycles. The van der Waals surface area contributed by atoms with Crippen molar-refractivity contribution in [2.75, 3.05) is 41.9 Å². The van der Waals surface area contributed by atoms with Gasteiger partial charge in [-0.15, -0.1) is 0 Å². The first-order valence-electron chi connectivity index (χ1n) is 11.5. The number of amides is 1. The number of benzene rings is 3. The van der Waals surface area contributed by atoms with E-state index in [1.807, 2.05) is 0 Å². The standard InChI is InChI=1S/C25H23F3N4O5S/c26-25(27,28)19-6-4-7-20(16-19)29-12-14-30(15-13-29)24(33)18-31(21-8-5-9-22(17-21)32(34)35)38(36,37)23-10-2-1-3-11-23/h1-11,16-17H,12-15,18H2. The van der Waals surface area contributed by atoms with Crippen LogP contribution >= 0.6 is 0 Å². The number of anilines is 2. The molecule has 1 heterocycles. The van der Waals surface area contributed by atoms with Crippen LogP contribution in [0.25, 0.3) is 0 Å². The van der Waals surface area contributed by atoms with E-state index in [-0.39, 0.29) is 42.4 Å². The first-order chi connectivity index (χ1) is 18.0. The van der Waals surface area contributed by atoms with Gasteiger partial charge in [-0.25, -0.2) is 8.42 Å². The normalized spacial score (nSPS) is 14.3. The smallest absolute Gasteiger partial charge is 0.368 e. The molecule has 0 radical (unpaired) electrons. The number of carbonyl (C=O) groups is 1. The Balaban J connectivity index is 1.54. The molecule has 0 N–H and O–H groups in total. The summed E-state index contributed by atoms with van der Waals surface area (Å²) in [6.45, 7) is 0.193. The van der Waals surface area contributed by atoms with E-state index in [2.05, 4.69) is 0 Å². The van der Waals surface area contributed by atoms with Crippen molar-refractivity contribution in [1.29, 1.82) is 0 Å². The first-order valence-corrected chi connectivity index (χ1v) is 12.9. The fraction of sp³-hybridized carbons (Fsp3) is 0.240. The zero-order valence-electron chi connectivity index (χ0n) is 19.9. The minimum atomic E-state index is -4.48. The Morgan fingerprint density at radius 2 is 1.58 bits per heavy atom. The van der Waals surface area contributed by atoms with Crippen molar-refractivity contribution in [3.05, 3.63) is 94.5 Å². The molecule has 200 valence electrons. The van der Waals surface area contributed by atoms with E-state index in [9.17, 15) is 36.5 Å². The molecule has 0 aromatic heterocycles. The van der Waals surface area contributed by atoms with Gasteiger partial charge in [0.2, 0.25) is 5.91 Å². The number of sulfonamides is 1. The molecule has 0 aliphatic carbocycles. The monoisotopic (exact) mass is 548 g/mol. The van der Waals surface area contributed by atoms with Crippen LogP contribution in [0.15, 0.2) is 83.8 Å². The van der Waals surface area contributed by atoms with Gasteiger partial charge in [-0.1, -0.05) is 30.3 Å². The Labute approximate surface area is 216 Å². The Kier molecular flexibility index (Phi) is 7.58. The molecule has 13 heteroatoms. The van der Waals surface area contributed by atoms with Crippen LogP contribution in [0.4, 0.5) is 30.2 Å². The molecule has 0 atom stereocenters. The van der Waals surface area contributed by atoms with E-state index in [0.717, 1.165) is 22.5 Å². The highest BCUT2D eigenvalue weighted by molar-refractivity contribution is 7.92. The van der Waals surface area contributed by atoms with Crippen LogP contribution in [0.3, 0.4) is 0 Å². The van der Waals surface area contributed by atoms with Crippen molar-refractivity contribution < 1.29 is 31.3 Å². The topological polar surface area (TPSA) is 104 Å². The predicted octanol–water partition coefficient (Wildman–Crippen LogP) is 4.16. The lowest BCUT2D eigenvalue weighted by atomic mass is 10.1. The van der Waals surface area contributed by atoms with Gasteiger partial charge >= 0.3 is 6.18 Å². The Bertz CT molecular complexity index is 1430. The van der Waals surface area contributed by atoms with Gasteiger partial charge in [-0.2, -0.15) is 13.2 Å². The Morgan fingerprint density at radius 3 is 2.21 bits per heavy atom. The van der Waals surface area contributed by atoms with Crippen LogP contribution < -0.4 is 9.21 Å². The van der Waals surface area contributed by atoms with Crippen LogP contribution in [0.1, 0.15) is 5.56 Å². The SMILES string of the molecule is O=C(CN(c1cccc([N+](=O)[O-])c1)S(=O)(=O)c1ccccc1)N1CCN(c2cccc(C(F)(F)F)c2)CC1. The van der Waals surface area contributed by atoms with Crippen molar-refractivity contribution in [2.45, 2.75) is 11.1 Å². The number of nitro groups is 1. The summed E-state index contributed by atoms with van der Waals surface area (Å²) in [5, 5.41) is 11.3. The summed E-state index contributed by atoms with van der Waals surface area (Å²) in [6, 6.07) is 17.3. The fourth-order valence-electron chi connectivity index (χ4n) is 4.11. The summed E-state index contributed by atoms with van der Waals surface area (Å²) in [6.07, 6.45) is -4.48. The number of alkyl halides is 3. The summed E-state index contributed by atoms with van der Waals surface area (Å²) < 4.78 is 67.0. The molecule has 9 nitrogen and oxygen atoms in total. The van der Waals surface area contributed by atoms with E-state index in [1.54, 1.807) is 17.0 Å². The molecule has 4 rings (SSSR count). The van der Waals surface area contributed by atoms with E-state index < -0.39 is 39.1 Å². The van der Waals surface area contributed by atoms with Crippen molar-refractivity contribution in [1.82, 2.24) is 4.90 Å². The minimum absolute atomic E-state index is 0.0426. The molecule has 0 unspecified atom stereocenters. The summed E-state index contributed by atoms with van der Waals surface area (Å²) in [4.78, 5) is 26.9. The summed E-state index contributed by atoms with van der Waals surface area (Å²) in [7, 11) is -4.26. The lowest BCUT2D eigenvalue weighted by Gasteiger charge is -2.37. The summed E-state index contributed by atoms with van der Waals surface area (Å²) in [5.74, 6) is -0.542. The van der Waals surface area contributed by atoms with Crippen LogP contribution in [-0.4, -0.2) is 56.9 Å². The second-order valence-electron chi connectivity index (χ2n) is 8.52. The van der Waals surface area contributed by atoms with Crippen LogP contribution in [0.5, 0.6) is 0 Å². The molecule has 1 aliphatic rings. The predicted molar refractivity (Wildman–Crippen MR) is 134 cm³/mol. The van der Waals surface area contributed by atoms with Gasteiger partial charge in [-0.3, -0.25) is 19.2 Å². The summed E-state index contributed by atoms with van der Waals surface area (Å²) in [5.41, 5.74) is -0.777. The average Bonchev–Trinajstić information content (AvgIpc) is 2.91. The number of hydrogen-bond acceptors (Lipinski definition) is 6. The highest BCUT2D eigenvalue weighted by Gasteiger charge is 2.33. The summed E-state index contributed by atoms with van der Waals surface area (Å²) >= 11 is 0. The molecule has 1 saturated heterocycles. The lowest BCUT2D eigenvalue weighted by molar-refractivity contribution is -0.384. The van der Waals surface area contributed by atoms with Crippen LogP contribution in [0, 0.1) is 10.1 Å². The molecule has 3 aromatic rings. The molecule has 1 fully saturated rings. The van der Waals surface area contributed by atoms with E-state index in [4.69, 9.17) is 0 Å². The van der Waals surface area contributed by atoms with Gasteiger partial charge in [0.05, 0.1) is 21.1 Å². The van der Waals surface area contributed by atoms with Crippen LogP contribution in [0.2, 0.25) is 0 Å². The largest absolute Gasteiger partial charge is 0.416 e. The molecule has 0 bridgehead atoms. The number of nitrogens with zero attached hydrogens (tertiary/aromatic N) is 4. The van der Waals surface area contributed by atoms with Gasteiger partial charge in [0.25, 0.3) is 15.7 Å². The maximum Gasteiger partial charge on any atom is 0.416 e. The number of piperazine rings is 1. The third kappa shape index (κ3) is 5.88. The second-order valence-corrected chi connectivity index (χ2v) is 10.4. The zero-order valence-corrected chi connectivity index (χ0v) is 20.7. The van der Waals surface area contributed by atoms with E-state index >= 15 is 0 Å². The minimum Gasteiger partial charge on any atom is -0.368 e. The van der Waals surface area contributed by atoms with Gasteiger partial charge in [0.1, 0.15) is 6.54 Å². The van der Waals surface area contributed by atoms with E-state index in [1.165, 1.54) is 53.4 Å². The van der Waals surface area contributed by atoms with Gasteiger partial charge in [0.15, 0.2) is 0 Å². The molecular weight excluding hydrogens is 525 g/mol. The average molecular weight is 549 g/mol. The maximum absolute atomic E-state index is 13.5. The third-order valence-electron chi connectivity index (χ3n) is 6.11. The molecule has 0 spiro atoms. The first kappa shape index (κ1) is 26.9. The second kappa shape index (κ2) is 10.7. The zero-order chi connectivity index (χ0) is 27.5. The highest BCUT2D eigenvalue weighted by atomic mass is 32.2. The fourth-order valence-corrected chi connectivity index (χ4v) is 5.54. The molecule has 1 aliphatic heterocycles. The van der Waals surface area contributed by atoms with Crippen molar-refractivity contribution in [3.8, 4) is 0 Å². The molecule has 0 saturated carbocycles. The van der Waals surface area contributed by atoms with Crippen LogP contribution in [-0.2, 0) is 21.0 Å². The Morgan fingerprint density at radius 1 is 0.921 bits per heavy atom. The van der Waals surface area contributed by atoms with Crippen molar-refractivity contribution in [3.63, 3.8) is 0 Å². The lowest BCUT2D eigenvalue weighted by Crippen LogP contribution is -2.52. The number of non-ortho nitro benzene ring substituents is 1.